The summed E-state index contributed by atoms with van der Waals surface area (Å²) >= 11 is 0. The van der Waals surface area contributed by atoms with Crippen LogP contribution in [0.4, 0.5) is 0 Å². The number of esters is 1. The third kappa shape index (κ3) is 3.18. The van der Waals surface area contributed by atoms with Gasteiger partial charge in [-0.25, -0.2) is 0 Å². The van der Waals surface area contributed by atoms with Gasteiger partial charge in [0.2, 0.25) is 0 Å². The van der Waals surface area contributed by atoms with Crippen LogP contribution in [-0.2, 0) is 19.7 Å². The highest BCUT2D eigenvalue weighted by Gasteiger charge is 2.50. The van der Waals surface area contributed by atoms with Gasteiger partial charge in [-0.05, 0) is 24.0 Å². The number of methoxy groups -OCH3 is 1. The fraction of sp³-hybridized carbons (Fsp3) is 0.300. The number of hydrogen-bond acceptors (Lipinski definition) is 3. The molecular weight excluding hydrogens is 304 g/mol. The van der Waals surface area contributed by atoms with Crippen LogP contribution < -0.4 is 0 Å². The summed E-state index contributed by atoms with van der Waals surface area (Å²) in [6.07, 6.45) is 0. The van der Waals surface area contributed by atoms with Crippen LogP contribution in [-0.4, -0.2) is 24.2 Å². The molecule has 3 unspecified atom stereocenters. The first-order valence-electron chi connectivity index (χ1n) is 7.84. The molecule has 4 heteroatoms. The smallest absolute Gasteiger partial charge is 0.316 e. The topological polar surface area (TPSA) is 63.6 Å². The van der Waals surface area contributed by atoms with E-state index in [1.54, 1.807) is 31.2 Å². The number of hydrogen-bond donors (Lipinski definition) is 1. The van der Waals surface area contributed by atoms with Crippen LogP contribution in [0.1, 0.15) is 30.9 Å². The Kier molecular flexibility index (Phi) is 5.39. The molecule has 0 bridgehead atoms. The van der Waals surface area contributed by atoms with E-state index in [4.69, 9.17) is 4.74 Å². The number of aliphatic carboxylic acids is 1. The average Bonchev–Trinajstić information content (AvgIpc) is 2.62. The van der Waals surface area contributed by atoms with E-state index in [2.05, 4.69) is 0 Å². The Hall–Kier alpha value is -2.62. The molecule has 2 rings (SSSR count). The number of carboxylic acids is 1. The van der Waals surface area contributed by atoms with E-state index >= 15 is 0 Å². The highest BCUT2D eigenvalue weighted by Crippen LogP contribution is 2.42. The van der Waals surface area contributed by atoms with Gasteiger partial charge in [-0.2, -0.15) is 0 Å². The summed E-state index contributed by atoms with van der Waals surface area (Å²) in [5.74, 6) is -2.91. The zero-order valence-corrected chi connectivity index (χ0v) is 14.1. The van der Waals surface area contributed by atoms with E-state index < -0.39 is 23.3 Å². The molecule has 0 saturated carbocycles. The van der Waals surface area contributed by atoms with Crippen LogP contribution in [0.15, 0.2) is 60.7 Å². The molecule has 24 heavy (non-hydrogen) atoms. The van der Waals surface area contributed by atoms with Crippen LogP contribution in [0.3, 0.4) is 0 Å². The number of carbonyl (C=O) groups excluding carboxylic acids is 1. The molecule has 1 N–H and O–H groups in total. The highest BCUT2D eigenvalue weighted by molar-refractivity contribution is 5.90. The molecule has 2 aromatic carbocycles. The summed E-state index contributed by atoms with van der Waals surface area (Å²) in [7, 11) is 1.29. The molecule has 0 aromatic heterocycles. The van der Waals surface area contributed by atoms with Crippen LogP contribution in [0.25, 0.3) is 0 Å². The van der Waals surface area contributed by atoms with Crippen molar-refractivity contribution in [1.82, 2.24) is 0 Å². The summed E-state index contributed by atoms with van der Waals surface area (Å²) in [5.41, 5.74) is 0.208. The standard InChI is InChI=1S/C20H22O4/c1-14(15-10-6-4-7-11-15)17(18(21)22)20(2,19(23)24-3)16-12-8-5-9-13-16/h4-14,17H,1-3H3,(H,21,22). The van der Waals surface area contributed by atoms with Gasteiger partial charge in [-0.3, -0.25) is 9.59 Å². The molecular formula is C20H22O4. The van der Waals surface area contributed by atoms with Gasteiger partial charge >= 0.3 is 11.9 Å². The second-order valence-corrected chi connectivity index (χ2v) is 6.08. The normalized spacial score (nSPS) is 15.8. The molecule has 4 nitrogen and oxygen atoms in total. The Morgan fingerprint density at radius 2 is 1.50 bits per heavy atom. The summed E-state index contributed by atoms with van der Waals surface area (Å²) in [5, 5.41) is 9.94. The van der Waals surface area contributed by atoms with Crippen molar-refractivity contribution in [3.63, 3.8) is 0 Å². The minimum Gasteiger partial charge on any atom is -0.481 e. The van der Waals surface area contributed by atoms with Crippen molar-refractivity contribution in [3.05, 3.63) is 71.8 Å². The maximum absolute atomic E-state index is 12.6. The van der Waals surface area contributed by atoms with Crippen molar-refractivity contribution in [2.45, 2.75) is 25.2 Å². The first-order chi connectivity index (χ1) is 11.4. The lowest BCUT2D eigenvalue weighted by Gasteiger charge is -2.36. The molecule has 3 atom stereocenters. The van der Waals surface area contributed by atoms with Crippen LogP contribution >= 0.6 is 0 Å². The Bertz CT molecular complexity index is 696. The Balaban J connectivity index is 2.60. The molecule has 0 radical (unpaired) electrons. The molecule has 126 valence electrons. The van der Waals surface area contributed by atoms with Crippen molar-refractivity contribution in [2.75, 3.05) is 7.11 Å². The lowest BCUT2D eigenvalue weighted by molar-refractivity contribution is -0.158. The largest absolute Gasteiger partial charge is 0.481 e. The zero-order valence-electron chi connectivity index (χ0n) is 14.1. The van der Waals surface area contributed by atoms with Gasteiger partial charge in [0.05, 0.1) is 13.0 Å². The molecule has 2 aromatic rings. The quantitative estimate of drug-likeness (QED) is 0.824. The minimum absolute atomic E-state index is 0.368. The Morgan fingerprint density at radius 1 is 1.00 bits per heavy atom. The summed E-state index contributed by atoms with van der Waals surface area (Å²) in [6, 6.07) is 18.3. The fourth-order valence-electron chi connectivity index (χ4n) is 3.33. The molecule has 0 aliphatic rings. The second-order valence-electron chi connectivity index (χ2n) is 6.08. The van der Waals surface area contributed by atoms with E-state index in [0.29, 0.717) is 5.56 Å². The average molecular weight is 326 g/mol. The van der Waals surface area contributed by atoms with E-state index in [9.17, 15) is 14.7 Å². The predicted octanol–water partition coefficient (Wildman–Crippen LogP) is 3.62. The third-order valence-corrected chi connectivity index (χ3v) is 4.70. The molecule has 0 aliphatic carbocycles. The van der Waals surface area contributed by atoms with Gasteiger partial charge in [0.1, 0.15) is 5.41 Å². The summed E-state index contributed by atoms with van der Waals surface area (Å²) in [4.78, 5) is 24.8. The lowest BCUT2D eigenvalue weighted by Crippen LogP contribution is -2.47. The van der Waals surface area contributed by atoms with Gasteiger partial charge in [0.25, 0.3) is 0 Å². The van der Waals surface area contributed by atoms with Crippen molar-refractivity contribution < 1.29 is 19.4 Å². The van der Waals surface area contributed by atoms with Crippen molar-refractivity contribution >= 4 is 11.9 Å². The molecule has 0 amide bonds. The number of carboxylic acid groups (broad SMARTS) is 1. The van der Waals surface area contributed by atoms with E-state index in [-0.39, 0.29) is 5.92 Å². The van der Waals surface area contributed by atoms with Crippen LogP contribution in [0, 0.1) is 5.92 Å². The van der Waals surface area contributed by atoms with Crippen LogP contribution in [0.5, 0.6) is 0 Å². The van der Waals surface area contributed by atoms with Crippen LogP contribution in [0.2, 0.25) is 0 Å². The van der Waals surface area contributed by atoms with Gasteiger partial charge < -0.3 is 9.84 Å². The summed E-state index contributed by atoms with van der Waals surface area (Å²) in [6.45, 7) is 3.48. The van der Waals surface area contributed by atoms with E-state index in [1.165, 1.54) is 7.11 Å². The van der Waals surface area contributed by atoms with E-state index in [0.717, 1.165) is 5.56 Å². The molecule has 0 saturated heterocycles. The Morgan fingerprint density at radius 3 is 1.96 bits per heavy atom. The van der Waals surface area contributed by atoms with Gasteiger partial charge in [-0.15, -0.1) is 0 Å². The molecule has 0 spiro atoms. The number of carbonyl (C=O) groups is 2. The maximum atomic E-state index is 12.6. The zero-order chi connectivity index (χ0) is 17.7. The number of benzene rings is 2. The second kappa shape index (κ2) is 7.30. The molecule has 0 aliphatic heterocycles. The maximum Gasteiger partial charge on any atom is 0.316 e. The highest BCUT2D eigenvalue weighted by atomic mass is 16.5. The first kappa shape index (κ1) is 17.7. The van der Waals surface area contributed by atoms with Crippen molar-refractivity contribution in [1.29, 1.82) is 0 Å². The van der Waals surface area contributed by atoms with Gasteiger partial charge in [-0.1, -0.05) is 67.6 Å². The first-order valence-corrected chi connectivity index (χ1v) is 7.84. The van der Waals surface area contributed by atoms with E-state index in [1.807, 2.05) is 43.3 Å². The minimum atomic E-state index is -1.29. The van der Waals surface area contributed by atoms with Crippen molar-refractivity contribution in [2.24, 2.45) is 5.92 Å². The summed E-state index contributed by atoms with van der Waals surface area (Å²) < 4.78 is 4.98. The fourth-order valence-corrected chi connectivity index (χ4v) is 3.33. The SMILES string of the molecule is COC(=O)C(C)(c1ccccc1)C(C(=O)O)C(C)c1ccccc1. The number of ether oxygens (including phenoxy) is 1. The van der Waals surface area contributed by atoms with Gasteiger partial charge in [0, 0.05) is 0 Å². The molecule has 0 heterocycles. The predicted molar refractivity (Wildman–Crippen MR) is 91.8 cm³/mol. The number of rotatable bonds is 6. The Labute approximate surface area is 142 Å². The van der Waals surface area contributed by atoms with Crippen molar-refractivity contribution in [3.8, 4) is 0 Å². The van der Waals surface area contributed by atoms with Gasteiger partial charge in [0.15, 0.2) is 0 Å². The molecule has 0 fully saturated rings. The lowest BCUT2D eigenvalue weighted by atomic mass is 9.65. The third-order valence-electron chi connectivity index (χ3n) is 4.70. The monoisotopic (exact) mass is 326 g/mol.